The summed E-state index contributed by atoms with van der Waals surface area (Å²) < 4.78 is 0. The van der Waals surface area contributed by atoms with E-state index < -0.39 is 6.15 Å². The Kier molecular flexibility index (Phi) is 5.61. The summed E-state index contributed by atoms with van der Waals surface area (Å²) in [6, 6.07) is 0. The topological polar surface area (TPSA) is 124 Å². The number of hydrogen-bond acceptors (Lipinski definition) is 6. The Bertz CT molecular complexity index is 379. The number of nitrogens with one attached hydrogen (secondary N) is 1. The zero-order valence-electron chi connectivity index (χ0n) is 8.62. The van der Waals surface area contributed by atoms with Gasteiger partial charge in [-0.2, -0.15) is 5.01 Å². The second-order valence-electron chi connectivity index (χ2n) is 2.76. The third-order valence-corrected chi connectivity index (χ3v) is 1.66. The van der Waals surface area contributed by atoms with E-state index in [1.165, 1.54) is 23.9 Å². The lowest BCUT2D eigenvalue weighted by Crippen LogP contribution is -3.01. The van der Waals surface area contributed by atoms with E-state index in [4.69, 9.17) is 21.0 Å². The molecule has 8 heteroatoms. The highest BCUT2D eigenvalue weighted by molar-refractivity contribution is 7.05. The predicted octanol–water partition coefficient (Wildman–Crippen LogP) is -0.570. The maximum absolute atomic E-state index is 8.09. The Balaban J connectivity index is 0.000000288. The summed E-state index contributed by atoms with van der Waals surface area (Å²) in [5.41, 5.74) is 0. The largest absolute Gasteiger partial charge is 0.383 e. The molecule has 1 atom stereocenters. The van der Waals surface area contributed by atoms with Crippen molar-refractivity contribution >= 4 is 6.15 Å². The molecular formula is C8H8BN7. The number of hydrogen-bond donors (Lipinski definition) is 1. The van der Waals surface area contributed by atoms with Crippen molar-refractivity contribution in [1.29, 1.82) is 21.0 Å². The Hall–Kier alpha value is -2.68. The van der Waals surface area contributed by atoms with Crippen LogP contribution in [0.15, 0.2) is 22.7 Å². The van der Waals surface area contributed by atoms with Gasteiger partial charge in [0.1, 0.15) is 18.9 Å². The van der Waals surface area contributed by atoms with Crippen LogP contribution in [0.25, 0.3) is 0 Å². The van der Waals surface area contributed by atoms with Crippen molar-refractivity contribution in [3.63, 3.8) is 0 Å². The third kappa shape index (κ3) is 3.60. The lowest BCUT2D eigenvalue weighted by Gasteiger charge is -1.98. The van der Waals surface area contributed by atoms with Crippen LogP contribution in [0.4, 0.5) is 0 Å². The van der Waals surface area contributed by atoms with Gasteiger partial charge in [-0.1, -0.05) is 0 Å². The number of rotatable bonds is 1. The van der Waals surface area contributed by atoms with E-state index in [2.05, 4.69) is 17.3 Å². The summed E-state index contributed by atoms with van der Waals surface area (Å²) in [5, 5.41) is 40.8. The zero-order chi connectivity index (χ0) is 12.4. The Morgan fingerprint density at radius 1 is 1.12 bits per heavy atom. The average Bonchev–Trinajstić information content (AvgIpc) is 2.86. The van der Waals surface area contributed by atoms with Crippen molar-refractivity contribution in [1.82, 2.24) is 0 Å². The highest BCUT2D eigenvalue weighted by Gasteiger charge is 2.22. The van der Waals surface area contributed by atoms with Crippen LogP contribution in [0.2, 0.25) is 0 Å². The standard InChI is InChI=1S/C4BN4.C4H7N3/c6-1-5(2-7,3-8)4-9;1-2-7-4-3-5-6-7/h;3-4H,2H2,1H3/q-1;/p+1. The maximum atomic E-state index is 8.09. The van der Waals surface area contributed by atoms with Gasteiger partial charge < -0.3 is 0 Å². The monoisotopic (exact) mass is 213 g/mol. The molecule has 0 saturated heterocycles. The van der Waals surface area contributed by atoms with Gasteiger partial charge >= 0.3 is 6.15 Å². The van der Waals surface area contributed by atoms with E-state index >= 15 is 0 Å². The Morgan fingerprint density at radius 3 is 1.75 bits per heavy atom. The van der Waals surface area contributed by atoms with Crippen molar-refractivity contribution in [3.8, 4) is 23.9 Å². The average molecular weight is 213 g/mol. The molecule has 78 valence electrons. The molecule has 1 unspecified atom stereocenters. The van der Waals surface area contributed by atoms with Gasteiger partial charge in [-0.05, 0) is 6.92 Å². The van der Waals surface area contributed by atoms with E-state index in [1.807, 2.05) is 6.20 Å². The van der Waals surface area contributed by atoms with E-state index in [0.717, 1.165) is 11.6 Å². The van der Waals surface area contributed by atoms with Crippen LogP contribution in [-0.4, -0.2) is 12.7 Å². The Labute approximate surface area is 93.0 Å². The van der Waals surface area contributed by atoms with Gasteiger partial charge in [-0.15, -0.1) is 29.0 Å². The number of nitriles is 4. The van der Waals surface area contributed by atoms with Gasteiger partial charge in [-0.3, -0.25) is 0 Å². The molecular weight excluding hydrogens is 205 g/mol. The third-order valence-electron chi connectivity index (χ3n) is 1.66. The van der Waals surface area contributed by atoms with Gasteiger partial charge in [0.15, 0.2) is 0 Å². The summed E-state index contributed by atoms with van der Waals surface area (Å²) in [7, 11) is 0. The molecule has 0 aromatic carbocycles. The molecule has 1 N–H and O–H groups in total. The van der Waals surface area contributed by atoms with Crippen molar-refractivity contribution < 1.29 is 5.01 Å². The predicted molar refractivity (Wildman–Crippen MR) is 53.7 cm³/mol. The fraction of sp³-hybridized carbons (Fsp3) is 0.250. The second kappa shape index (κ2) is 6.73. The summed E-state index contributed by atoms with van der Waals surface area (Å²) in [5.74, 6) is 5.38. The van der Waals surface area contributed by atoms with Gasteiger partial charge in [0.25, 0.3) is 0 Å². The normalized spacial score (nSPS) is 15.9. The first-order valence-corrected chi connectivity index (χ1v) is 4.41. The van der Waals surface area contributed by atoms with E-state index in [0.29, 0.717) is 0 Å². The van der Waals surface area contributed by atoms with E-state index in [9.17, 15) is 0 Å². The summed E-state index contributed by atoms with van der Waals surface area (Å²) in [6.45, 7) is 3.05. The summed E-state index contributed by atoms with van der Waals surface area (Å²) >= 11 is 0. The minimum Gasteiger partial charge on any atom is -0.245 e. The van der Waals surface area contributed by atoms with Gasteiger partial charge in [0.2, 0.25) is 0 Å². The molecule has 0 saturated carbocycles. The minimum atomic E-state index is -2.72. The second-order valence-corrected chi connectivity index (χ2v) is 2.76. The van der Waals surface area contributed by atoms with Crippen LogP contribution in [0, 0.1) is 44.9 Å². The van der Waals surface area contributed by atoms with Gasteiger partial charge in [0.05, 0.1) is 0 Å². The first-order chi connectivity index (χ1) is 7.67. The van der Waals surface area contributed by atoms with Crippen LogP contribution in [0.1, 0.15) is 6.92 Å². The van der Waals surface area contributed by atoms with E-state index in [-0.39, 0.29) is 0 Å². The smallest absolute Gasteiger partial charge is 0.245 e. The van der Waals surface area contributed by atoms with Gasteiger partial charge in [-0.25, -0.2) is 21.0 Å². The SMILES string of the molecule is CC[NH+]1C=CN=N1.N#C[B-](C#N)(C#N)C#N. The van der Waals surface area contributed by atoms with Crippen LogP contribution in [-0.2, 0) is 0 Å². The zero-order valence-corrected chi connectivity index (χ0v) is 8.62. The highest BCUT2D eigenvalue weighted by Crippen LogP contribution is 1.92. The minimum absolute atomic E-state index is 0.986. The molecule has 0 fully saturated rings. The fourth-order valence-corrected chi connectivity index (χ4v) is 0.622. The maximum Gasteiger partial charge on any atom is 0.383 e. The first kappa shape index (κ1) is 13.3. The first-order valence-electron chi connectivity index (χ1n) is 4.41. The highest BCUT2D eigenvalue weighted by atomic mass is 15.6. The molecule has 0 radical (unpaired) electrons. The molecule has 0 aliphatic carbocycles. The molecule has 0 aromatic heterocycles. The summed E-state index contributed by atoms with van der Waals surface area (Å²) in [4.78, 5) is 0. The number of quaternary nitrogens is 1. The van der Waals surface area contributed by atoms with Gasteiger partial charge in [0, 0.05) is 5.22 Å². The molecule has 1 heterocycles. The molecule has 7 nitrogen and oxygen atoms in total. The van der Waals surface area contributed by atoms with Crippen molar-refractivity contribution in [2.45, 2.75) is 6.92 Å². The molecule has 0 aromatic rings. The number of nitrogens with zero attached hydrogens (tertiary/aromatic N) is 6. The fourth-order valence-electron chi connectivity index (χ4n) is 0.622. The van der Waals surface area contributed by atoms with Crippen LogP contribution >= 0.6 is 0 Å². The van der Waals surface area contributed by atoms with Crippen LogP contribution in [0.5, 0.6) is 0 Å². The summed E-state index contributed by atoms with van der Waals surface area (Å²) in [6.07, 6.45) is 0.902. The molecule has 0 amide bonds. The molecule has 16 heavy (non-hydrogen) atoms. The van der Waals surface area contributed by atoms with Crippen molar-refractivity contribution in [2.24, 2.45) is 10.3 Å². The molecule has 1 aliphatic rings. The Morgan fingerprint density at radius 2 is 1.62 bits per heavy atom. The van der Waals surface area contributed by atoms with Crippen LogP contribution < -0.4 is 5.01 Å². The quantitative estimate of drug-likeness (QED) is 0.585. The lowest BCUT2D eigenvalue weighted by molar-refractivity contribution is -0.853. The van der Waals surface area contributed by atoms with Crippen LogP contribution in [0.3, 0.4) is 0 Å². The molecule has 1 rings (SSSR count). The van der Waals surface area contributed by atoms with Crippen molar-refractivity contribution in [3.05, 3.63) is 12.4 Å². The van der Waals surface area contributed by atoms with Crippen molar-refractivity contribution in [2.75, 3.05) is 6.54 Å². The molecule has 0 bridgehead atoms. The lowest BCUT2D eigenvalue weighted by atomic mass is 9.30. The molecule has 1 aliphatic heterocycles. The molecule has 0 spiro atoms. The van der Waals surface area contributed by atoms with E-state index in [1.54, 1.807) is 6.20 Å².